The second kappa shape index (κ2) is 3.38. The predicted molar refractivity (Wildman–Crippen MR) is 58.9 cm³/mol. The van der Waals surface area contributed by atoms with Crippen LogP contribution in [0.2, 0.25) is 0 Å². The molecule has 1 saturated heterocycles. The van der Waals surface area contributed by atoms with Gasteiger partial charge in [0.1, 0.15) is 0 Å². The number of nitrogens with two attached hydrogens (primary N) is 1. The number of rotatable bonds is 0. The van der Waals surface area contributed by atoms with E-state index in [1.165, 1.54) is 6.07 Å². The molecule has 2 aliphatic rings. The summed E-state index contributed by atoms with van der Waals surface area (Å²) in [4.78, 5) is 1.84. The van der Waals surface area contributed by atoms with Crippen LogP contribution in [0.25, 0.3) is 0 Å². The Kier molecular flexibility index (Phi) is 2.17. The number of benzene rings is 1. The van der Waals surface area contributed by atoms with Gasteiger partial charge in [-0.1, -0.05) is 12.1 Å². The highest BCUT2D eigenvalue weighted by atomic mass is 19.4. The molecule has 2 N–H and O–H groups in total. The third kappa shape index (κ3) is 1.52. The van der Waals surface area contributed by atoms with Crippen molar-refractivity contribution in [3.63, 3.8) is 0 Å². The van der Waals surface area contributed by atoms with E-state index in [0.29, 0.717) is 18.7 Å². The van der Waals surface area contributed by atoms with Gasteiger partial charge in [0.15, 0.2) is 0 Å². The van der Waals surface area contributed by atoms with Gasteiger partial charge in [0, 0.05) is 18.6 Å². The van der Waals surface area contributed by atoms with E-state index >= 15 is 0 Å². The minimum atomic E-state index is -4.28. The molecule has 0 spiro atoms. The lowest BCUT2D eigenvalue weighted by atomic mass is 10.0. The zero-order valence-electron chi connectivity index (χ0n) is 9.17. The van der Waals surface area contributed by atoms with E-state index in [1.54, 1.807) is 6.07 Å². The predicted octanol–water partition coefficient (Wildman–Crippen LogP) is 2.17. The molecule has 1 fully saturated rings. The molecule has 1 aromatic rings. The number of fused-ring (bicyclic) bond motifs is 3. The number of nitrogens with zero attached hydrogens (tertiary/aromatic N) is 1. The van der Waals surface area contributed by atoms with Crippen molar-refractivity contribution in [2.45, 2.75) is 31.1 Å². The highest BCUT2D eigenvalue weighted by Crippen LogP contribution is 2.45. The Labute approximate surface area is 97.2 Å². The molecule has 2 atom stereocenters. The maximum absolute atomic E-state index is 12.9. The minimum absolute atomic E-state index is 0.0107. The highest BCUT2D eigenvalue weighted by molar-refractivity contribution is 5.66. The topological polar surface area (TPSA) is 29.3 Å². The fraction of sp³-hybridized carbons (Fsp3) is 0.500. The third-order valence-electron chi connectivity index (χ3n) is 3.74. The van der Waals surface area contributed by atoms with E-state index in [-0.39, 0.29) is 12.1 Å². The summed E-state index contributed by atoms with van der Waals surface area (Å²) in [5, 5.41) is 0. The lowest BCUT2D eigenvalue weighted by Crippen LogP contribution is -2.37. The molecule has 2 aliphatic heterocycles. The average molecular weight is 242 g/mol. The molecule has 0 radical (unpaired) electrons. The number of hydrogen-bond acceptors (Lipinski definition) is 2. The Bertz CT molecular complexity index is 456. The first-order valence-electron chi connectivity index (χ1n) is 5.70. The van der Waals surface area contributed by atoms with Crippen molar-refractivity contribution in [3.05, 3.63) is 29.3 Å². The first kappa shape index (κ1) is 10.9. The summed E-state index contributed by atoms with van der Waals surface area (Å²) >= 11 is 0. The normalized spacial score (nSPS) is 27.2. The maximum atomic E-state index is 12.9. The first-order chi connectivity index (χ1) is 7.98. The van der Waals surface area contributed by atoms with Crippen molar-refractivity contribution in [2.24, 2.45) is 5.73 Å². The number of alkyl halides is 3. The molecule has 0 aromatic heterocycles. The summed E-state index contributed by atoms with van der Waals surface area (Å²) in [5.74, 6) is 0. The van der Waals surface area contributed by atoms with Gasteiger partial charge < -0.3 is 10.6 Å². The van der Waals surface area contributed by atoms with E-state index < -0.39 is 11.7 Å². The van der Waals surface area contributed by atoms with Crippen molar-refractivity contribution >= 4 is 5.69 Å². The Morgan fingerprint density at radius 2 is 2.06 bits per heavy atom. The molecular weight excluding hydrogens is 229 g/mol. The fourth-order valence-electron chi connectivity index (χ4n) is 2.97. The number of para-hydroxylation sites is 1. The number of halogens is 3. The molecule has 2 nitrogen and oxygen atoms in total. The quantitative estimate of drug-likeness (QED) is 0.755. The third-order valence-corrected chi connectivity index (χ3v) is 3.74. The van der Waals surface area contributed by atoms with Crippen LogP contribution in [0.3, 0.4) is 0 Å². The van der Waals surface area contributed by atoms with Crippen LogP contribution < -0.4 is 10.6 Å². The zero-order valence-corrected chi connectivity index (χ0v) is 9.17. The molecule has 5 heteroatoms. The second-order valence-corrected chi connectivity index (χ2v) is 4.73. The van der Waals surface area contributed by atoms with Crippen LogP contribution in [-0.4, -0.2) is 18.6 Å². The van der Waals surface area contributed by atoms with Crippen LogP contribution >= 0.6 is 0 Å². The summed E-state index contributed by atoms with van der Waals surface area (Å²) in [6, 6.07) is 4.45. The Hall–Kier alpha value is -1.23. The summed E-state index contributed by atoms with van der Waals surface area (Å²) in [5.41, 5.74) is 6.55. The summed E-state index contributed by atoms with van der Waals surface area (Å²) < 4.78 is 38.8. The molecule has 92 valence electrons. The standard InChI is InChI=1S/C12H13F3N2/c13-12(14,15)8-3-1-2-7-6-10-9(16)4-5-17(10)11(7)8/h1-3,9-10H,4-6,16H2. The van der Waals surface area contributed by atoms with Crippen LogP contribution in [0.5, 0.6) is 0 Å². The van der Waals surface area contributed by atoms with Gasteiger partial charge in [-0.05, 0) is 24.5 Å². The number of anilines is 1. The Morgan fingerprint density at radius 1 is 1.29 bits per heavy atom. The van der Waals surface area contributed by atoms with Gasteiger partial charge in [0.05, 0.1) is 11.3 Å². The van der Waals surface area contributed by atoms with E-state index in [0.717, 1.165) is 18.1 Å². The lowest BCUT2D eigenvalue weighted by molar-refractivity contribution is -0.137. The average Bonchev–Trinajstić information content (AvgIpc) is 2.77. The van der Waals surface area contributed by atoms with E-state index in [2.05, 4.69) is 0 Å². The molecule has 1 aromatic carbocycles. The largest absolute Gasteiger partial charge is 0.418 e. The second-order valence-electron chi connectivity index (χ2n) is 4.73. The smallest absolute Gasteiger partial charge is 0.366 e. The highest BCUT2D eigenvalue weighted by Gasteiger charge is 2.44. The van der Waals surface area contributed by atoms with Crippen LogP contribution in [0.15, 0.2) is 18.2 Å². The van der Waals surface area contributed by atoms with Crippen LogP contribution in [0.1, 0.15) is 17.5 Å². The van der Waals surface area contributed by atoms with Crippen LogP contribution in [0, 0.1) is 0 Å². The molecule has 0 amide bonds. The van der Waals surface area contributed by atoms with E-state index in [1.807, 2.05) is 4.90 Å². The zero-order chi connectivity index (χ0) is 12.2. The van der Waals surface area contributed by atoms with Crippen molar-refractivity contribution in [1.29, 1.82) is 0 Å². The molecule has 2 unspecified atom stereocenters. The fourth-order valence-corrected chi connectivity index (χ4v) is 2.97. The first-order valence-corrected chi connectivity index (χ1v) is 5.70. The summed E-state index contributed by atoms with van der Waals surface area (Å²) in [6.07, 6.45) is -2.87. The Morgan fingerprint density at radius 3 is 2.76 bits per heavy atom. The van der Waals surface area contributed by atoms with Gasteiger partial charge >= 0.3 is 6.18 Å². The Balaban J connectivity index is 2.11. The van der Waals surface area contributed by atoms with Gasteiger partial charge in [-0.3, -0.25) is 0 Å². The van der Waals surface area contributed by atoms with Gasteiger partial charge in [0.25, 0.3) is 0 Å². The maximum Gasteiger partial charge on any atom is 0.418 e. The molecule has 0 bridgehead atoms. The molecule has 17 heavy (non-hydrogen) atoms. The van der Waals surface area contributed by atoms with Crippen molar-refractivity contribution in [1.82, 2.24) is 0 Å². The molecule has 3 rings (SSSR count). The van der Waals surface area contributed by atoms with Gasteiger partial charge in [-0.25, -0.2) is 0 Å². The van der Waals surface area contributed by atoms with Crippen LogP contribution in [0.4, 0.5) is 18.9 Å². The van der Waals surface area contributed by atoms with Crippen molar-refractivity contribution in [2.75, 3.05) is 11.4 Å². The van der Waals surface area contributed by atoms with Crippen molar-refractivity contribution in [3.8, 4) is 0 Å². The van der Waals surface area contributed by atoms with Crippen molar-refractivity contribution < 1.29 is 13.2 Å². The molecule has 2 heterocycles. The van der Waals surface area contributed by atoms with E-state index in [4.69, 9.17) is 5.73 Å². The summed E-state index contributed by atoms with van der Waals surface area (Å²) in [7, 11) is 0. The molecular formula is C12H13F3N2. The lowest BCUT2D eigenvalue weighted by Gasteiger charge is -2.23. The van der Waals surface area contributed by atoms with Gasteiger partial charge in [-0.15, -0.1) is 0 Å². The SMILES string of the molecule is NC1CCN2c3c(cccc3C(F)(F)F)CC12. The van der Waals surface area contributed by atoms with Gasteiger partial charge in [0.2, 0.25) is 0 Å². The molecule has 0 saturated carbocycles. The molecule has 0 aliphatic carbocycles. The monoisotopic (exact) mass is 242 g/mol. The van der Waals surface area contributed by atoms with E-state index in [9.17, 15) is 13.2 Å². The summed E-state index contributed by atoms with van der Waals surface area (Å²) in [6.45, 7) is 0.631. The number of hydrogen-bond donors (Lipinski definition) is 1. The van der Waals surface area contributed by atoms with Crippen LogP contribution in [-0.2, 0) is 12.6 Å². The minimum Gasteiger partial charge on any atom is -0.366 e. The van der Waals surface area contributed by atoms with Gasteiger partial charge in [-0.2, -0.15) is 13.2 Å².